The van der Waals surface area contributed by atoms with Crippen LogP contribution in [0.5, 0.6) is 0 Å². The molecule has 0 saturated carbocycles. The van der Waals surface area contributed by atoms with E-state index in [0.717, 1.165) is 58.8 Å². The molecule has 25 heavy (non-hydrogen) atoms. The topological polar surface area (TPSA) is 30.9 Å². The van der Waals surface area contributed by atoms with Crippen LogP contribution in [0.2, 0.25) is 0 Å². The molecule has 1 aromatic rings. The predicted octanol–water partition coefficient (Wildman–Crippen LogP) is 2.90. The summed E-state index contributed by atoms with van der Waals surface area (Å²) in [7, 11) is 0. The summed E-state index contributed by atoms with van der Waals surface area (Å²) in [6.45, 7) is 5.67. The van der Waals surface area contributed by atoms with Crippen LogP contribution in [0.3, 0.4) is 0 Å². The number of benzene rings is 1. The fraction of sp³-hybridized carbons (Fsp3) is 0.714. The third-order valence-corrected chi connectivity index (χ3v) is 6.00. The van der Waals surface area contributed by atoms with E-state index in [9.17, 15) is 0 Å². The molecule has 3 heterocycles. The van der Waals surface area contributed by atoms with E-state index >= 15 is 0 Å². The van der Waals surface area contributed by atoms with Gasteiger partial charge in [0.25, 0.3) is 0 Å². The number of hydrogen-bond donors (Lipinski definition) is 0. The number of hydrogen-bond acceptors (Lipinski definition) is 4. The summed E-state index contributed by atoms with van der Waals surface area (Å²) in [5, 5.41) is 0. The van der Waals surface area contributed by atoms with Crippen LogP contribution in [0.4, 0.5) is 0 Å². The normalized spacial score (nSPS) is 31.1. The van der Waals surface area contributed by atoms with Gasteiger partial charge in [0.2, 0.25) is 0 Å². The van der Waals surface area contributed by atoms with Gasteiger partial charge in [-0.25, -0.2) is 0 Å². The van der Waals surface area contributed by atoms with E-state index in [0.29, 0.717) is 12.0 Å². The van der Waals surface area contributed by atoms with Gasteiger partial charge in [0.05, 0.1) is 12.7 Å². The van der Waals surface area contributed by atoms with E-state index in [1.165, 1.54) is 18.4 Å². The largest absolute Gasteiger partial charge is 0.381 e. The second kappa shape index (κ2) is 8.63. The molecule has 0 aliphatic carbocycles. The molecule has 0 bridgehead atoms. The first-order chi connectivity index (χ1) is 12.4. The van der Waals surface area contributed by atoms with Crippen molar-refractivity contribution in [3.63, 3.8) is 0 Å². The highest BCUT2D eigenvalue weighted by Crippen LogP contribution is 2.31. The monoisotopic (exact) mass is 345 g/mol. The van der Waals surface area contributed by atoms with Crippen LogP contribution < -0.4 is 0 Å². The SMILES string of the molecule is c1ccc(CCN2C[C@@H](OCC3CCOCC3)[C@H]3OCCC[C@H]32)cc1. The molecule has 4 heteroatoms. The minimum Gasteiger partial charge on any atom is -0.381 e. The second-order valence-electron chi connectivity index (χ2n) is 7.70. The van der Waals surface area contributed by atoms with Gasteiger partial charge in [-0.3, -0.25) is 4.90 Å². The zero-order valence-corrected chi connectivity index (χ0v) is 15.1. The quantitative estimate of drug-likeness (QED) is 0.793. The third kappa shape index (κ3) is 4.43. The average Bonchev–Trinajstić information content (AvgIpc) is 3.04. The Kier molecular flexibility index (Phi) is 6.03. The van der Waals surface area contributed by atoms with Crippen molar-refractivity contribution in [2.75, 3.05) is 39.5 Å². The summed E-state index contributed by atoms with van der Waals surface area (Å²) in [6.07, 6.45) is 6.32. The number of nitrogens with zero attached hydrogens (tertiary/aromatic N) is 1. The number of fused-ring (bicyclic) bond motifs is 1. The molecule has 0 N–H and O–H groups in total. The first-order valence-corrected chi connectivity index (χ1v) is 9.99. The molecule has 138 valence electrons. The molecule has 0 unspecified atom stereocenters. The molecule has 4 rings (SSSR count). The maximum Gasteiger partial charge on any atom is 0.100 e. The van der Waals surface area contributed by atoms with Gasteiger partial charge in [-0.2, -0.15) is 0 Å². The maximum atomic E-state index is 6.37. The van der Waals surface area contributed by atoms with Crippen LogP contribution in [-0.2, 0) is 20.6 Å². The Labute approximate surface area is 151 Å². The van der Waals surface area contributed by atoms with Crippen LogP contribution in [-0.4, -0.2) is 62.7 Å². The minimum atomic E-state index is 0.240. The highest BCUT2D eigenvalue weighted by atomic mass is 16.5. The highest BCUT2D eigenvalue weighted by molar-refractivity contribution is 5.15. The maximum absolute atomic E-state index is 6.37. The van der Waals surface area contributed by atoms with Crippen molar-refractivity contribution in [1.29, 1.82) is 0 Å². The van der Waals surface area contributed by atoms with Crippen LogP contribution in [0, 0.1) is 5.92 Å². The molecule has 1 aromatic carbocycles. The lowest BCUT2D eigenvalue weighted by atomic mass is 10.0. The van der Waals surface area contributed by atoms with Crippen LogP contribution in [0.15, 0.2) is 30.3 Å². The number of ether oxygens (including phenoxy) is 3. The van der Waals surface area contributed by atoms with E-state index in [2.05, 4.69) is 35.2 Å². The van der Waals surface area contributed by atoms with Gasteiger partial charge in [-0.05, 0) is 43.6 Å². The van der Waals surface area contributed by atoms with Crippen molar-refractivity contribution < 1.29 is 14.2 Å². The Morgan fingerprint density at radius 3 is 2.72 bits per heavy atom. The smallest absolute Gasteiger partial charge is 0.100 e. The van der Waals surface area contributed by atoms with Gasteiger partial charge in [0.15, 0.2) is 0 Å². The Morgan fingerprint density at radius 1 is 1.04 bits per heavy atom. The molecule has 0 amide bonds. The summed E-state index contributed by atoms with van der Waals surface area (Å²) >= 11 is 0. The fourth-order valence-electron chi connectivity index (χ4n) is 4.50. The van der Waals surface area contributed by atoms with Crippen molar-refractivity contribution >= 4 is 0 Å². The van der Waals surface area contributed by atoms with Gasteiger partial charge in [0, 0.05) is 39.0 Å². The van der Waals surface area contributed by atoms with Gasteiger partial charge in [0.1, 0.15) is 6.10 Å². The summed E-state index contributed by atoms with van der Waals surface area (Å²) in [6, 6.07) is 11.3. The minimum absolute atomic E-state index is 0.240. The molecule has 3 atom stereocenters. The molecule has 0 aromatic heterocycles. The van der Waals surface area contributed by atoms with E-state index in [4.69, 9.17) is 14.2 Å². The Balaban J connectivity index is 1.32. The first kappa shape index (κ1) is 17.5. The summed E-state index contributed by atoms with van der Waals surface area (Å²) in [5.41, 5.74) is 1.42. The van der Waals surface area contributed by atoms with Crippen molar-refractivity contribution in [3.8, 4) is 0 Å². The van der Waals surface area contributed by atoms with Crippen molar-refractivity contribution in [3.05, 3.63) is 35.9 Å². The lowest BCUT2D eigenvalue weighted by molar-refractivity contribution is -0.0891. The van der Waals surface area contributed by atoms with Crippen molar-refractivity contribution in [2.24, 2.45) is 5.92 Å². The summed E-state index contributed by atoms with van der Waals surface area (Å²) in [5.74, 6) is 0.661. The molecule has 3 saturated heterocycles. The number of rotatable bonds is 6. The van der Waals surface area contributed by atoms with E-state index in [1.54, 1.807) is 0 Å². The van der Waals surface area contributed by atoms with Gasteiger partial charge in [-0.15, -0.1) is 0 Å². The van der Waals surface area contributed by atoms with Gasteiger partial charge >= 0.3 is 0 Å². The van der Waals surface area contributed by atoms with Gasteiger partial charge < -0.3 is 14.2 Å². The molecular weight excluding hydrogens is 314 g/mol. The first-order valence-electron chi connectivity index (χ1n) is 9.99. The molecule has 0 radical (unpaired) electrons. The third-order valence-electron chi connectivity index (χ3n) is 6.00. The summed E-state index contributed by atoms with van der Waals surface area (Å²) in [4.78, 5) is 2.62. The molecular formula is C21H31NO3. The molecule has 3 aliphatic heterocycles. The van der Waals surface area contributed by atoms with Gasteiger partial charge in [-0.1, -0.05) is 30.3 Å². The van der Waals surface area contributed by atoms with Crippen LogP contribution in [0.1, 0.15) is 31.2 Å². The molecule has 3 aliphatic rings. The standard InChI is InChI=1S/C21H31NO3/c1-2-5-17(6-3-1)8-11-22-15-20(21-19(22)7-4-12-24-21)25-16-18-9-13-23-14-10-18/h1-3,5-6,18-21H,4,7-16H2/t19-,20-,21+/m1/s1. The summed E-state index contributed by atoms with van der Waals surface area (Å²) < 4.78 is 18.0. The zero-order chi connectivity index (χ0) is 16.9. The fourth-order valence-corrected chi connectivity index (χ4v) is 4.50. The Bertz CT molecular complexity index is 517. The van der Waals surface area contributed by atoms with Crippen LogP contribution >= 0.6 is 0 Å². The Morgan fingerprint density at radius 2 is 1.88 bits per heavy atom. The van der Waals surface area contributed by atoms with Crippen molar-refractivity contribution in [2.45, 2.75) is 50.4 Å². The molecule has 3 fully saturated rings. The van der Waals surface area contributed by atoms with E-state index in [1.807, 2.05) is 0 Å². The second-order valence-corrected chi connectivity index (χ2v) is 7.70. The average molecular weight is 345 g/mol. The molecule has 0 spiro atoms. The molecule has 4 nitrogen and oxygen atoms in total. The van der Waals surface area contributed by atoms with Crippen molar-refractivity contribution in [1.82, 2.24) is 4.90 Å². The Hall–Kier alpha value is -0.940. The van der Waals surface area contributed by atoms with E-state index < -0.39 is 0 Å². The zero-order valence-electron chi connectivity index (χ0n) is 15.1. The lowest BCUT2D eigenvalue weighted by Crippen LogP contribution is -2.42. The lowest BCUT2D eigenvalue weighted by Gasteiger charge is -2.32. The highest BCUT2D eigenvalue weighted by Gasteiger charge is 2.44. The van der Waals surface area contributed by atoms with E-state index in [-0.39, 0.29) is 12.2 Å². The predicted molar refractivity (Wildman–Crippen MR) is 97.8 cm³/mol. The van der Waals surface area contributed by atoms with Crippen LogP contribution in [0.25, 0.3) is 0 Å². The number of likely N-dealkylation sites (tertiary alicyclic amines) is 1.